The summed E-state index contributed by atoms with van der Waals surface area (Å²) in [6.07, 6.45) is 3.37. The van der Waals surface area contributed by atoms with Crippen molar-refractivity contribution >= 4 is 0 Å². The average Bonchev–Trinajstić information content (AvgIpc) is 2.37. The summed E-state index contributed by atoms with van der Waals surface area (Å²) in [5, 5.41) is 13.2. The van der Waals surface area contributed by atoms with Gasteiger partial charge in [0.1, 0.15) is 0 Å². The molecule has 2 unspecified atom stereocenters. The van der Waals surface area contributed by atoms with Crippen molar-refractivity contribution in [3.05, 3.63) is 0 Å². The molecule has 16 heavy (non-hydrogen) atoms. The fourth-order valence-electron chi connectivity index (χ4n) is 2.71. The zero-order chi connectivity index (χ0) is 12.0. The summed E-state index contributed by atoms with van der Waals surface area (Å²) in [6.45, 7) is 11.3. The molecule has 0 aromatic carbocycles. The lowest BCUT2D eigenvalue weighted by molar-refractivity contribution is 0.000486. The maximum atomic E-state index is 9.81. The Balaban J connectivity index is 2.68. The van der Waals surface area contributed by atoms with Crippen LogP contribution in [0.25, 0.3) is 0 Å². The molecule has 3 heteroatoms. The zero-order valence-electron chi connectivity index (χ0n) is 11.1. The molecule has 96 valence electrons. The van der Waals surface area contributed by atoms with E-state index in [2.05, 4.69) is 31.0 Å². The fraction of sp³-hybridized carbons (Fsp3) is 1.00. The minimum absolute atomic E-state index is 0.0253. The summed E-state index contributed by atoms with van der Waals surface area (Å²) in [7, 11) is 0. The third-order valence-electron chi connectivity index (χ3n) is 4.17. The van der Waals surface area contributed by atoms with Crippen LogP contribution in [-0.4, -0.2) is 48.3 Å². The lowest BCUT2D eigenvalue weighted by Gasteiger charge is -2.46. The molecule has 0 radical (unpaired) electrons. The number of hydrogen-bond acceptors (Lipinski definition) is 3. The minimum atomic E-state index is 0.0253. The summed E-state index contributed by atoms with van der Waals surface area (Å²) < 4.78 is 0. The third-order valence-corrected chi connectivity index (χ3v) is 4.17. The van der Waals surface area contributed by atoms with Gasteiger partial charge in [0, 0.05) is 31.7 Å². The van der Waals surface area contributed by atoms with Crippen LogP contribution in [0.2, 0.25) is 0 Å². The summed E-state index contributed by atoms with van der Waals surface area (Å²) in [4.78, 5) is 2.50. The Hall–Kier alpha value is -0.120. The molecule has 1 aliphatic heterocycles. The van der Waals surface area contributed by atoms with E-state index in [1.165, 1.54) is 6.42 Å². The molecular weight excluding hydrogens is 200 g/mol. The highest BCUT2D eigenvalue weighted by Crippen LogP contribution is 2.29. The van der Waals surface area contributed by atoms with Crippen LogP contribution in [-0.2, 0) is 0 Å². The van der Waals surface area contributed by atoms with Gasteiger partial charge < -0.3 is 10.4 Å². The standard InChI is InChI=1S/C13H28N2O/c1-4-12(3)10-13(5-2,11-16)15-8-6-14-7-9-15/h12,14,16H,4-11H2,1-3H3. The molecule has 1 heterocycles. The van der Waals surface area contributed by atoms with Gasteiger partial charge in [-0.25, -0.2) is 0 Å². The number of piperazine rings is 1. The lowest BCUT2D eigenvalue weighted by atomic mass is 9.83. The average molecular weight is 228 g/mol. The molecule has 0 spiro atoms. The zero-order valence-corrected chi connectivity index (χ0v) is 11.1. The van der Waals surface area contributed by atoms with Crippen LogP contribution >= 0.6 is 0 Å². The molecule has 0 aromatic heterocycles. The van der Waals surface area contributed by atoms with Crippen LogP contribution in [0.4, 0.5) is 0 Å². The molecule has 2 N–H and O–H groups in total. The van der Waals surface area contributed by atoms with E-state index < -0.39 is 0 Å². The molecule has 0 amide bonds. The quantitative estimate of drug-likeness (QED) is 0.722. The van der Waals surface area contributed by atoms with Crippen LogP contribution in [0.3, 0.4) is 0 Å². The van der Waals surface area contributed by atoms with Gasteiger partial charge in [-0.05, 0) is 18.8 Å². The van der Waals surface area contributed by atoms with Gasteiger partial charge in [-0.1, -0.05) is 27.2 Å². The maximum Gasteiger partial charge on any atom is 0.0615 e. The van der Waals surface area contributed by atoms with Crippen molar-refractivity contribution in [1.29, 1.82) is 0 Å². The molecule has 1 aliphatic rings. The van der Waals surface area contributed by atoms with E-state index in [1.807, 2.05) is 0 Å². The first-order valence-electron chi connectivity index (χ1n) is 6.75. The number of aliphatic hydroxyl groups excluding tert-OH is 1. The Morgan fingerprint density at radius 1 is 1.31 bits per heavy atom. The van der Waals surface area contributed by atoms with Gasteiger partial charge in [0.25, 0.3) is 0 Å². The van der Waals surface area contributed by atoms with Crippen molar-refractivity contribution in [1.82, 2.24) is 10.2 Å². The van der Waals surface area contributed by atoms with Gasteiger partial charge in [0.15, 0.2) is 0 Å². The smallest absolute Gasteiger partial charge is 0.0615 e. The second-order valence-corrected chi connectivity index (χ2v) is 5.19. The molecule has 2 atom stereocenters. The lowest BCUT2D eigenvalue weighted by Crippen LogP contribution is -2.58. The van der Waals surface area contributed by atoms with Gasteiger partial charge in [0.05, 0.1) is 6.61 Å². The number of hydrogen-bond donors (Lipinski definition) is 2. The Labute approximate surface area is 100 Å². The van der Waals surface area contributed by atoms with E-state index >= 15 is 0 Å². The maximum absolute atomic E-state index is 9.81. The molecule has 0 bridgehead atoms. The monoisotopic (exact) mass is 228 g/mol. The first-order chi connectivity index (χ1) is 7.68. The van der Waals surface area contributed by atoms with E-state index in [4.69, 9.17) is 0 Å². The summed E-state index contributed by atoms with van der Waals surface area (Å²) in [5.74, 6) is 0.696. The molecule has 0 aromatic rings. The van der Waals surface area contributed by atoms with Gasteiger partial charge >= 0.3 is 0 Å². The fourth-order valence-corrected chi connectivity index (χ4v) is 2.71. The SMILES string of the molecule is CCC(C)CC(CC)(CO)N1CCNCC1. The van der Waals surface area contributed by atoms with Crippen molar-refractivity contribution in [3.63, 3.8) is 0 Å². The Bertz CT molecular complexity index is 186. The van der Waals surface area contributed by atoms with Gasteiger partial charge in [-0.2, -0.15) is 0 Å². The van der Waals surface area contributed by atoms with Crippen LogP contribution in [0, 0.1) is 5.92 Å². The molecule has 1 saturated heterocycles. The Morgan fingerprint density at radius 3 is 2.38 bits per heavy atom. The second-order valence-electron chi connectivity index (χ2n) is 5.19. The van der Waals surface area contributed by atoms with E-state index in [0.717, 1.165) is 39.0 Å². The third kappa shape index (κ3) is 3.19. The predicted octanol–water partition coefficient (Wildman–Crippen LogP) is 1.47. The van der Waals surface area contributed by atoms with Crippen LogP contribution in [0.15, 0.2) is 0 Å². The highest BCUT2D eigenvalue weighted by Gasteiger charge is 2.35. The topological polar surface area (TPSA) is 35.5 Å². The van der Waals surface area contributed by atoms with Gasteiger partial charge in [-0.15, -0.1) is 0 Å². The molecule has 3 nitrogen and oxygen atoms in total. The molecule has 0 saturated carbocycles. The van der Waals surface area contributed by atoms with Crippen LogP contribution in [0.1, 0.15) is 40.0 Å². The number of nitrogens with zero attached hydrogens (tertiary/aromatic N) is 1. The van der Waals surface area contributed by atoms with Crippen molar-refractivity contribution in [2.45, 2.75) is 45.6 Å². The van der Waals surface area contributed by atoms with Crippen molar-refractivity contribution < 1.29 is 5.11 Å². The Kier molecular flexibility index (Phi) is 5.73. The first kappa shape index (κ1) is 13.9. The largest absolute Gasteiger partial charge is 0.394 e. The van der Waals surface area contributed by atoms with Crippen LogP contribution in [0.5, 0.6) is 0 Å². The number of aliphatic hydroxyl groups is 1. The summed E-state index contributed by atoms with van der Waals surface area (Å²) in [6, 6.07) is 0. The van der Waals surface area contributed by atoms with E-state index in [0.29, 0.717) is 12.5 Å². The van der Waals surface area contributed by atoms with E-state index in [9.17, 15) is 5.11 Å². The highest BCUT2D eigenvalue weighted by molar-refractivity contribution is 4.92. The van der Waals surface area contributed by atoms with Crippen molar-refractivity contribution in [2.75, 3.05) is 32.8 Å². The van der Waals surface area contributed by atoms with E-state index in [1.54, 1.807) is 0 Å². The number of rotatable bonds is 6. The molecule has 0 aliphatic carbocycles. The van der Waals surface area contributed by atoms with E-state index in [-0.39, 0.29) is 5.54 Å². The minimum Gasteiger partial charge on any atom is -0.394 e. The van der Waals surface area contributed by atoms with Gasteiger partial charge in [-0.3, -0.25) is 4.90 Å². The number of nitrogens with one attached hydrogen (secondary N) is 1. The summed E-state index contributed by atoms with van der Waals surface area (Å²) >= 11 is 0. The summed E-state index contributed by atoms with van der Waals surface area (Å²) in [5.41, 5.74) is 0.0253. The molecule has 1 fully saturated rings. The van der Waals surface area contributed by atoms with Crippen molar-refractivity contribution in [2.24, 2.45) is 5.92 Å². The Morgan fingerprint density at radius 2 is 1.94 bits per heavy atom. The first-order valence-corrected chi connectivity index (χ1v) is 6.75. The molecular formula is C13H28N2O. The predicted molar refractivity (Wildman–Crippen MR) is 68.6 cm³/mol. The highest BCUT2D eigenvalue weighted by atomic mass is 16.3. The van der Waals surface area contributed by atoms with Crippen LogP contribution < -0.4 is 5.32 Å². The van der Waals surface area contributed by atoms with Crippen molar-refractivity contribution in [3.8, 4) is 0 Å². The normalized spacial score (nSPS) is 24.0. The molecule has 1 rings (SSSR count). The second kappa shape index (κ2) is 6.58. The van der Waals surface area contributed by atoms with Gasteiger partial charge in [0.2, 0.25) is 0 Å².